The molecule has 29 heavy (non-hydrogen) atoms. The summed E-state index contributed by atoms with van der Waals surface area (Å²) >= 11 is 1.78. The molecule has 6 nitrogen and oxygen atoms in total. The van der Waals surface area contributed by atoms with Crippen LogP contribution < -0.4 is 4.74 Å². The average Bonchev–Trinajstić information content (AvgIpc) is 3.16. The molecule has 2 heterocycles. The Labute approximate surface area is 174 Å². The molecule has 2 aliphatic heterocycles. The Balaban J connectivity index is 1.62. The van der Waals surface area contributed by atoms with E-state index in [0.717, 1.165) is 22.6 Å². The van der Waals surface area contributed by atoms with E-state index in [1.165, 1.54) is 10.5 Å². The Morgan fingerprint density at radius 1 is 1.00 bits per heavy atom. The lowest BCUT2D eigenvalue weighted by molar-refractivity contribution is -0.231. The monoisotopic (exact) mass is 418 g/mol. The van der Waals surface area contributed by atoms with Crippen molar-refractivity contribution in [3.63, 3.8) is 0 Å². The maximum absolute atomic E-state index is 10.5. The molecule has 0 spiro atoms. The van der Waals surface area contributed by atoms with Gasteiger partial charge in [-0.2, -0.15) is 0 Å². The first-order valence-electron chi connectivity index (χ1n) is 9.83. The Bertz CT molecular complexity index is 840. The fourth-order valence-corrected chi connectivity index (χ4v) is 5.28. The van der Waals surface area contributed by atoms with Gasteiger partial charge in [-0.05, 0) is 41.8 Å². The van der Waals surface area contributed by atoms with Crippen LogP contribution in [0.3, 0.4) is 0 Å². The second kappa shape index (κ2) is 8.63. The van der Waals surface area contributed by atoms with Gasteiger partial charge < -0.3 is 29.9 Å². The molecule has 156 valence electrons. The summed E-state index contributed by atoms with van der Waals surface area (Å²) in [4.78, 5) is 1.18. The molecule has 7 heteroatoms. The van der Waals surface area contributed by atoms with Crippen molar-refractivity contribution < 1.29 is 29.9 Å². The maximum Gasteiger partial charge on any atom is 0.119 e. The molecule has 6 atom stereocenters. The van der Waals surface area contributed by atoms with Gasteiger partial charge in [0.2, 0.25) is 0 Å². The number of aliphatic hydroxyl groups excluding tert-OH is 4. The number of thioether (sulfide) groups is 1. The Hall–Kier alpha value is -1.61. The highest BCUT2D eigenvalue weighted by molar-refractivity contribution is 7.99. The predicted octanol–water partition coefficient (Wildman–Crippen LogP) is 1.84. The van der Waals surface area contributed by atoms with E-state index < -0.39 is 37.1 Å². The molecule has 0 aliphatic carbocycles. The van der Waals surface area contributed by atoms with E-state index in [1.807, 2.05) is 37.3 Å². The Morgan fingerprint density at radius 3 is 2.41 bits per heavy atom. The van der Waals surface area contributed by atoms with Gasteiger partial charge in [0.1, 0.15) is 36.3 Å². The molecule has 2 aromatic rings. The van der Waals surface area contributed by atoms with E-state index >= 15 is 0 Å². The van der Waals surface area contributed by atoms with Crippen molar-refractivity contribution in [2.24, 2.45) is 0 Å². The molecular weight excluding hydrogens is 392 g/mol. The first-order valence-corrected chi connectivity index (χ1v) is 10.8. The highest BCUT2D eigenvalue weighted by atomic mass is 32.2. The lowest BCUT2D eigenvalue weighted by Crippen LogP contribution is -2.55. The smallest absolute Gasteiger partial charge is 0.119 e. The van der Waals surface area contributed by atoms with E-state index in [9.17, 15) is 20.4 Å². The van der Waals surface area contributed by atoms with Gasteiger partial charge in [0, 0.05) is 16.6 Å². The van der Waals surface area contributed by atoms with Gasteiger partial charge in [-0.3, -0.25) is 0 Å². The van der Waals surface area contributed by atoms with Crippen LogP contribution in [0, 0.1) is 0 Å². The van der Waals surface area contributed by atoms with Gasteiger partial charge in [0.25, 0.3) is 0 Å². The molecule has 1 saturated heterocycles. The topological polar surface area (TPSA) is 99.4 Å². The maximum atomic E-state index is 10.5. The van der Waals surface area contributed by atoms with E-state index in [2.05, 4.69) is 12.1 Å². The standard InChI is InChI=1S/C22H26O6S/c1-2-27-14-6-3-12(4-7-14)16-11-29-18-8-5-13(9-15(16)18)22-21(26)20(25)19(24)17(10-23)28-22/h3-9,16-17,19-26H,2,10-11H2,1H3/t16-,17+,19+,20-,21+,22-/m0/s1. The molecule has 0 radical (unpaired) electrons. The largest absolute Gasteiger partial charge is 0.494 e. The minimum atomic E-state index is -1.38. The van der Waals surface area contributed by atoms with Crippen molar-refractivity contribution in [2.45, 2.75) is 48.3 Å². The van der Waals surface area contributed by atoms with Crippen molar-refractivity contribution in [1.82, 2.24) is 0 Å². The van der Waals surface area contributed by atoms with E-state index in [0.29, 0.717) is 6.61 Å². The van der Waals surface area contributed by atoms with Gasteiger partial charge in [0.15, 0.2) is 0 Å². The lowest BCUT2D eigenvalue weighted by Gasteiger charge is -2.40. The number of ether oxygens (including phenoxy) is 2. The van der Waals surface area contributed by atoms with Crippen LogP contribution in [0.4, 0.5) is 0 Å². The van der Waals surface area contributed by atoms with Crippen LogP contribution >= 0.6 is 11.8 Å². The van der Waals surface area contributed by atoms with Crippen LogP contribution in [0.5, 0.6) is 5.75 Å². The van der Waals surface area contributed by atoms with E-state index in [1.54, 1.807) is 11.8 Å². The van der Waals surface area contributed by atoms with Gasteiger partial charge in [-0.15, -0.1) is 11.8 Å². The van der Waals surface area contributed by atoms with Crippen molar-refractivity contribution in [2.75, 3.05) is 19.0 Å². The number of fused-ring (bicyclic) bond motifs is 1. The normalized spacial score (nSPS) is 31.5. The summed E-state index contributed by atoms with van der Waals surface area (Å²) in [6.45, 7) is 2.15. The SMILES string of the molecule is CCOc1ccc([C@@H]2CSc3ccc([C@@H]4O[C@H](CO)[C@@H](O)[C@H](O)[C@H]4O)cc32)cc1. The molecule has 4 rings (SSSR count). The first kappa shape index (κ1) is 20.7. The Morgan fingerprint density at radius 2 is 1.72 bits per heavy atom. The van der Waals surface area contributed by atoms with E-state index in [4.69, 9.17) is 9.47 Å². The summed E-state index contributed by atoms with van der Waals surface area (Å²) in [5.41, 5.74) is 3.05. The quantitative estimate of drug-likeness (QED) is 0.588. The molecule has 0 amide bonds. The molecule has 2 aliphatic rings. The van der Waals surface area contributed by atoms with Crippen molar-refractivity contribution in [1.29, 1.82) is 0 Å². The third-order valence-corrected chi connectivity index (χ3v) is 6.81. The molecule has 2 aromatic carbocycles. The van der Waals surface area contributed by atoms with E-state index in [-0.39, 0.29) is 5.92 Å². The fourth-order valence-electron chi connectivity index (χ4n) is 4.03. The van der Waals surface area contributed by atoms with Crippen LogP contribution in [-0.4, -0.2) is 63.8 Å². The highest BCUT2D eigenvalue weighted by Gasteiger charge is 2.44. The molecule has 0 bridgehead atoms. The first-order chi connectivity index (χ1) is 14.0. The number of benzene rings is 2. The average molecular weight is 419 g/mol. The third kappa shape index (κ3) is 3.91. The molecule has 4 N–H and O–H groups in total. The minimum Gasteiger partial charge on any atom is -0.494 e. The lowest BCUT2D eigenvalue weighted by atomic mass is 9.87. The van der Waals surface area contributed by atoms with Crippen LogP contribution in [-0.2, 0) is 4.74 Å². The molecule has 0 unspecified atom stereocenters. The molecular formula is C22H26O6S. The van der Waals surface area contributed by atoms with Gasteiger partial charge in [-0.25, -0.2) is 0 Å². The molecule has 0 aromatic heterocycles. The van der Waals surface area contributed by atoms with Crippen LogP contribution in [0.2, 0.25) is 0 Å². The van der Waals surface area contributed by atoms with Crippen molar-refractivity contribution in [3.05, 3.63) is 59.2 Å². The van der Waals surface area contributed by atoms with Crippen LogP contribution in [0.25, 0.3) is 0 Å². The van der Waals surface area contributed by atoms with Crippen molar-refractivity contribution >= 4 is 11.8 Å². The van der Waals surface area contributed by atoms with Crippen molar-refractivity contribution in [3.8, 4) is 5.75 Å². The fraction of sp³-hybridized carbons (Fsp3) is 0.455. The highest BCUT2D eigenvalue weighted by Crippen LogP contribution is 2.45. The second-order valence-corrected chi connectivity index (χ2v) is 8.47. The van der Waals surface area contributed by atoms with Crippen LogP contribution in [0.15, 0.2) is 47.4 Å². The number of hydrogen-bond donors (Lipinski definition) is 4. The summed E-state index contributed by atoms with van der Waals surface area (Å²) in [6, 6.07) is 14.0. The summed E-state index contributed by atoms with van der Waals surface area (Å²) in [5, 5.41) is 40.0. The van der Waals surface area contributed by atoms with Gasteiger partial charge in [0.05, 0.1) is 13.2 Å². The number of aliphatic hydroxyl groups is 4. The van der Waals surface area contributed by atoms with Gasteiger partial charge in [-0.1, -0.05) is 24.3 Å². The predicted molar refractivity (Wildman–Crippen MR) is 109 cm³/mol. The third-order valence-electron chi connectivity index (χ3n) is 5.63. The number of hydrogen-bond acceptors (Lipinski definition) is 7. The van der Waals surface area contributed by atoms with Crippen LogP contribution in [0.1, 0.15) is 35.6 Å². The number of rotatable bonds is 5. The second-order valence-electron chi connectivity index (χ2n) is 7.41. The molecule has 1 fully saturated rings. The zero-order valence-electron chi connectivity index (χ0n) is 16.1. The molecule has 0 saturated carbocycles. The summed E-state index contributed by atoms with van der Waals surface area (Å²) in [6.07, 6.45) is -5.74. The van der Waals surface area contributed by atoms with Gasteiger partial charge >= 0.3 is 0 Å². The zero-order chi connectivity index (χ0) is 20.5. The minimum absolute atomic E-state index is 0.204. The summed E-state index contributed by atoms with van der Waals surface area (Å²) in [5.74, 6) is 1.97. The zero-order valence-corrected chi connectivity index (χ0v) is 17.0. The summed E-state index contributed by atoms with van der Waals surface area (Å²) < 4.78 is 11.3. The Kier molecular flexibility index (Phi) is 6.15. The summed E-state index contributed by atoms with van der Waals surface area (Å²) in [7, 11) is 0.